The molecular formula is C15H14F2N6O. The van der Waals surface area contributed by atoms with Crippen LogP contribution in [-0.2, 0) is 6.54 Å². The van der Waals surface area contributed by atoms with Crippen molar-refractivity contribution in [3.05, 3.63) is 54.0 Å². The second-order valence-corrected chi connectivity index (χ2v) is 4.77. The molecule has 3 rings (SSSR count). The van der Waals surface area contributed by atoms with Crippen molar-refractivity contribution in [1.29, 1.82) is 0 Å². The van der Waals surface area contributed by atoms with E-state index in [0.29, 0.717) is 17.5 Å². The Bertz CT molecular complexity index is 825. The first-order valence-electron chi connectivity index (χ1n) is 7.01. The van der Waals surface area contributed by atoms with E-state index in [9.17, 15) is 8.78 Å². The minimum absolute atomic E-state index is 0.0156. The second-order valence-electron chi connectivity index (χ2n) is 4.77. The van der Waals surface area contributed by atoms with Gasteiger partial charge in [-0.2, -0.15) is 10.1 Å². The maximum Gasteiger partial charge on any atom is 0.229 e. The van der Waals surface area contributed by atoms with Crippen molar-refractivity contribution >= 4 is 17.5 Å². The Morgan fingerprint density at radius 3 is 2.88 bits per heavy atom. The predicted octanol–water partition coefficient (Wildman–Crippen LogP) is 2.84. The number of methoxy groups -OCH3 is 1. The number of hydrogen-bond acceptors (Lipinski definition) is 6. The summed E-state index contributed by atoms with van der Waals surface area (Å²) >= 11 is 0. The highest BCUT2D eigenvalue weighted by Gasteiger charge is 2.14. The number of nitrogens with zero attached hydrogens (tertiary/aromatic N) is 3. The lowest BCUT2D eigenvalue weighted by Crippen LogP contribution is -2.08. The summed E-state index contributed by atoms with van der Waals surface area (Å²) in [5.74, 6) is -0.675. The van der Waals surface area contributed by atoms with Gasteiger partial charge in [0, 0.05) is 24.5 Å². The van der Waals surface area contributed by atoms with Crippen molar-refractivity contribution in [2.24, 2.45) is 0 Å². The zero-order valence-corrected chi connectivity index (χ0v) is 12.7. The van der Waals surface area contributed by atoms with Crippen LogP contribution in [0.25, 0.3) is 0 Å². The fourth-order valence-corrected chi connectivity index (χ4v) is 2.04. The maximum absolute atomic E-state index is 14.1. The molecule has 0 aliphatic carbocycles. The van der Waals surface area contributed by atoms with E-state index in [-0.39, 0.29) is 17.9 Å². The van der Waals surface area contributed by atoms with Gasteiger partial charge in [-0.1, -0.05) is 0 Å². The van der Waals surface area contributed by atoms with Crippen LogP contribution >= 0.6 is 0 Å². The Hall–Kier alpha value is -3.23. The van der Waals surface area contributed by atoms with Gasteiger partial charge >= 0.3 is 0 Å². The number of rotatable bonds is 6. The lowest BCUT2D eigenvalue weighted by atomic mass is 10.2. The molecule has 0 saturated heterocycles. The Morgan fingerprint density at radius 1 is 1.25 bits per heavy atom. The van der Waals surface area contributed by atoms with Gasteiger partial charge in [0.15, 0.2) is 11.6 Å². The Kier molecular flexibility index (Phi) is 4.50. The van der Waals surface area contributed by atoms with Crippen molar-refractivity contribution in [2.75, 3.05) is 17.7 Å². The molecule has 0 unspecified atom stereocenters. The fraction of sp³-hybridized carbons (Fsp3) is 0.133. The average molecular weight is 332 g/mol. The molecule has 0 spiro atoms. The van der Waals surface area contributed by atoms with Gasteiger partial charge in [0.25, 0.3) is 0 Å². The predicted molar refractivity (Wildman–Crippen MR) is 84.1 cm³/mol. The summed E-state index contributed by atoms with van der Waals surface area (Å²) in [5, 5.41) is 12.3. The van der Waals surface area contributed by atoms with Crippen LogP contribution in [0.2, 0.25) is 0 Å². The molecule has 1 aromatic carbocycles. The van der Waals surface area contributed by atoms with Gasteiger partial charge in [0.1, 0.15) is 11.6 Å². The van der Waals surface area contributed by atoms with Crippen LogP contribution in [0, 0.1) is 11.6 Å². The molecule has 7 nitrogen and oxygen atoms in total. The van der Waals surface area contributed by atoms with Crippen LogP contribution in [-0.4, -0.2) is 27.3 Å². The van der Waals surface area contributed by atoms with Crippen molar-refractivity contribution in [3.63, 3.8) is 0 Å². The number of H-pyrrole nitrogens is 1. The number of hydrogen-bond donors (Lipinski definition) is 3. The molecule has 9 heteroatoms. The zero-order valence-electron chi connectivity index (χ0n) is 12.7. The first kappa shape index (κ1) is 15.7. The number of ether oxygens (including phenoxy) is 1. The summed E-state index contributed by atoms with van der Waals surface area (Å²) in [6.45, 7) is -0.0863. The molecule has 3 N–H and O–H groups in total. The van der Waals surface area contributed by atoms with E-state index >= 15 is 0 Å². The van der Waals surface area contributed by atoms with Crippen molar-refractivity contribution in [2.45, 2.75) is 6.54 Å². The summed E-state index contributed by atoms with van der Waals surface area (Å²) in [6.07, 6.45) is 4.74. The largest absolute Gasteiger partial charge is 0.494 e. The lowest BCUT2D eigenvalue weighted by molar-refractivity contribution is 0.381. The van der Waals surface area contributed by atoms with Gasteiger partial charge in [-0.3, -0.25) is 5.10 Å². The van der Waals surface area contributed by atoms with Gasteiger partial charge in [-0.05, 0) is 18.2 Å². The number of anilines is 3. The molecular weight excluding hydrogens is 318 g/mol. The van der Waals surface area contributed by atoms with E-state index < -0.39 is 11.6 Å². The Balaban J connectivity index is 1.73. The minimum Gasteiger partial charge on any atom is -0.494 e. The van der Waals surface area contributed by atoms with Crippen molar-refractivity contribution in [1.82, 2.24) is 20.2 Å². The molecule has 0 aliphatic rings. The van der Waals surface area contributed by atoms with E-state index in [2.05, 4.69) is 30.8 Å². The quantitative estimate of drug-likeness (QED) is 0.643. The van der Waals surface area contributed by atoms with Gasteiger partial charge in [-0.25, -0.2) is 13.8 Å². The molecule has 2 aromatic heterocycles. The first-order chi connectivity index (χ1) is 11.7. The van der Waals surface area contributed by atoms with Crippen LogP contribution < -0.4 is 15.4 Å². The summed E-state index contributed by atoms with van der Waals surface area (Å²) in [7, 11) is 1.33. The third-order valence-electron chi connectivity index (χ3n) is 3.23. The number of halogens is 2. The zero-order chi connectivity index (χ0) is 16.9. The molecule has 124 valence electrons. The van der Waals surface area contributed by atoms with Crippen LogP contribution in [0.3, 0.4) is 0 Å². The van der Waals surface area contributed by atoms with Crippen molar-refractivity contribution < 1.29 is 13.5 Å². The van der Waals surface area contributed by atoms with E-state index in [4.69, 9.17) is 4.74 Å². The topological polar surface area (TPSA) is 87.8 Å². The van der Waals surface area contributed by atoms with Gasteiger partial charge in [-0.15, -0.1) is 0 Å². The highest BCUT2D eigenvalue weighted by Crippen LogP contribution is 2.23. The van der Waals surface area contributed by atoms with Crippen LogP contribution in [0.5, 0.6) is 5.75 Å². The lowest BCUT2D eigenvalue weighted by Gasteiger charge is -2.11. The third-order valence-corrected chi connectivity index (χ3v) is 3.23. The number of nitrogens with one attached hydrogen (secondary N) is 3. The maximum atomic E-state index is 14.1. The molecule has 0 aliphatic heterocycles. The molecule has 0 bridgehead atoms. The van der Waals surface area contributed by atoms with Crippen LogP contribution in [0.1, 0.15) is 5.56 Å². The van der Waals surface area contributed by atoms with Crippen molar-refractivity contribution in [3.8, 4) is 5.75 Å². The van der Waals surface area contributed by atoms with Crippen LogP contribution in [0.4, 0.5) is 26.2 Å². The molecule has 0 fully saturated rings. The molecule has 0 atom stereocenters. The molecule has 0 saturated carbocycles. The minimum atomic E-state index is -0.740. The monoisotopic (exact) mass is 332 g/mol. The summed E-state index contributed by atoms with van der Waals surface area (Å²) in [5.41, 5.74) is 0.564. The Labute approximate surface area is 136 Å². The fourth-order valence-electron chi connectivity index (χ4n) is 2.04. The van der Waals surface area contributed by atoms with Gasteiger partial charge in [0.05, 0.1) is 19.0 Å². The summed E-state index contributed by atoms with van der Waals surface area (Å²) in [4.78, 5) is 8.27. The standard InChI is InChI=1S/C15H14F2N6O/c1-24-12-3-2-11(16)10(14(12)17)8-19-13-4-5-18-15(23-13)22-9-6-20-21-7-9/h2-7H,8H2,1H3,(H,20,21)(H2,18,19,22,23). The number of aromatic nitrogens is 4. The smallest absolute Gasteiger partial charge is 0.229 e. The third kappa shape index (κ3) is 3.40. The second kappa shape index (κ2) is 6.90. The number of benzene rings is 1. The normalized spacial score (nSPS) is 10.5. The van der Waals surface area contributed by atoms with Gasteiger partial charge in [0.2, 0.25) is 5.95 Å². The highest BCUT2D eigenvalue weighted by molar-refractivity contribution is 5.52. The molecule has 2 heterocycles. The molecule has 24 heavy (non-hydrogen) atoms. The van der Waals surface area contributed by atoms with Gasteiger partial charge < -0.3 is 15.4 Å². The summed E-state index contributed by atoms with van der Waals surface area (Å²) in [6, 6.07) is 3.99. The number of aromatic amines is 1. The molecule has 0 radical (unpaired) electrons. The highest BCUT2D eigenvalue weighted by atomic mass is 19.1. The SMILES string of the molecule is COc1ccc(F)c(CNc2ccnc(Nc3cn[nH]c3)n2)c1F. The summed E-state index contributed by atoms with van der Waals surface area (Å²) < 4.78 is 32.8. The first-order valence-corrected chi connectivity index (χ1v) is 7.01. The van der Waals surface area contributed by atoms with E-state index in [1.807, 2.05) is 0 Å². The average Bonchev–Trinajstić information content (AvgIpc) is 3.08. The molecule has 3 aromatic rings. The van der Waals surface area contributed by atoms with Crippen LogP contribution in [0.15, 0.2) is 36.8 Å². The molecule has 0 amide bonds. The van der Waals surface area contributed by atoms with E-state index in [1.165, 1.54) is 19.4 Å². The van der Waals surface area contributed by atoms with E-state index in [0.717, 1.165) is 6.07 Å². The Morgan fingerprint density at radius 2 is 2.12 bits per heavy atom. The van der Waals surface area contributed by atoms with E-state index in [1.54, 1.807) is 18.5 Å².